The summed E-state index contributed by atoms with van der Waals surface area (Å²) in [6.45, 7) is 7.52. The molecule has 5 rings (SSSR count). The summed E-state index contributed by atoms with van der Waals surface area (Å²) in [7, 11) is 0. The fourth-order valence-electron chi connectivity index (χ4n) is 8.24. The van der Waals surface area contributed by atoms with Crippen molar-refractivity contribution in [1.29, 1.82) is 0 Å². The number of benzene rings is 1. The van der Waals surface area contributed by atoms with Gasteiger partial charge in [0.05, 0.1) is 0 Å². The average Bonchev–Trinajstić information content (AvgIpc) is 3.20. The van der Waals surface area contributed by atoms with Crippen LogP contribution >= 0.6 is 0 Å². The summed E-state index contributed by atoms with van der Waals surface area (Å²) in [6, 6.07) is 9.17. The van der Waals surface area contributed by atoms with Crippen LogP contribution in [0.1, 0.15) is 103 Å². The van der Waals surface area contributed by atoms with E-state index in [2.05, 4.69) is 43.4 Å². The summed E-state index contributed by atoms with van der Waals surface area (Å²) in [5, 5.41) is 3.60. The molecule has 35 heavy (non-hydrogen) atoms. The second-order valence-electron chi connectivity index (χ2n) is 11.9. The quantitative estimate of drug-likeness (QED) is 0.392. The number of nitrogens with one attached hydrogen (secondary N) is 1. The van der Waals surface area contributed by atoms with Gasteiger partial charge in [-0.3, -0.25) is 9.59 Å². The number of unbranched alkanes of at least 4 members (excludes halogenated alkanes) is 3. The third-order valence-electron chi connectivity index (χ3n) is 9.89. The molecule has 1 aromatic rings. The van der Waals surface area contributed by atoms with Gasteiger partial charge >= 0.3 is 0 Å². The summed E-state index contributed by atoms with van der Waals surface area (Å²) in [5.41, 5.74) is 7.11. The molecule has 5 unspecified atom stereocenters. The summed E-state index contributed by atoms with van der Waals surface area (Å²) >= 11 is 0. The number of allylic oxidation sites excluding steroid dienone is 4. The first kappa shape index (κ1) is 24.5. The van der Waals surface area contributed by atoms with Crippen LogP contribution in [-0.4, -0.2) is 18.1 Å². The number of Topliss-reactive ketones (excluding diaryl/α,β-unsaturated/α-hetero) is 1. The molecular weight excluding hydrogens is 430 g/mol. The number of anilines is 1. The monoisotopic (exact) mass is 473 g/mol. The zero-order valence-corrected chi connectivity index (χ0v) is 22.0. The van der Waals surface area contributed by atoms with Crippen molar-refractivity contribution in [3.8, 4) is 0 Å². The van der Waals surface area contributed by atoms with E-state index in [-0.39, 0.29) is 11.3 Å². The number of carbonyl (C=O) groups is 2. The molecule has 0 bridgehead atoms. The standard InChI is InChI=1S/C32H43NO2/c1-4-5-6-7-18-33-24-11-8-22(9-12-24)28-20-32(3)29(21(2)34)16-17-30(32)27-14-10-23-19-25(35)13-15-26(23)31(27)28/h8-9,11-12,19,27-30,33H,4-7,10,13-18,20H2,1-3H3. The minimum Gasteiger partial charge on any atom is -0.385 e. The number of carbonyl (C=O) groups excluding carboxylic acids is 2. The lowest BCUT2D eigenvalue weighted by Crippen LogP contribution is -2.44. The fraction of sp³-hybridized carbons (Fsp3) is 0.625. The third kappa shape index (κ3) is 4.56. The highest BCUT2D eigenvalue weighted by Crippen LogP contribution is 2.65. The van der Waals surface area contributed by atoms with Crippen LogP contribution in [-0.2, 0) is 9.59 Å². The molecule has 188 valence electrons. The van der Waals surface area contributed by atoms with Crippen molar-refractivity contribution in [3.05, 3.63) is 52.6 Å². The molecular formula is C32H43NO2. The van der Waals surface area contributed by atoms with Crippen LogP contribution in [0.4, 0.5) is 5.69 Å². The zero-order valence-electron chi connectivity index (χ0n) is 22.0. The van der Waals surface area contributed by atoms with Gasteiger partial charge in [-0.15, -0.1) is 0 Å². The molecule has 0 spiro atoms. The van der Waals surface area contributed by atoms with Gasteiger partial charge in [-0.1, -0.05) is 50.8 Å². The Balaban J connectivity index is 1.47. The normalized spacial score (nSPS) is 32.0. The molecule has 0 heterocycles. The van der Waals surface area contributed by atoms with E-state index in [4.69, 9.17) is 0 Å². The summed E-state index contributed by atoms with van der Waals surface area (Å²) < 4.78 is 0. The molecule has 2 saturated carbocycles. The maximum absolute atomic E-state index is 12.7. The predicted molar refractivity (Wildman–Crippen MR) is 144 cm³/mol. The lowest BCUT2D eigenvalue weighted by Gasteiger charge is -2.52. The molecule has 5 atom stereocenters. The first-order valence-corrected chi connectivity index (χ1v) is 14.2. The molecule has 1 N–H and O–H groups in total. The Morgan fingerprint density at radius 1 is 1.03 bits per heavy atom. The molecule has 0 aromatic heterocycles. The van der Waals surface area contributed by atoms with E-state index >= 15 is 0 Å². The molecule has 0 aliphatic heterocycles. The third-order valence-corrected chi connectivity index (χ3v) is 9.89. The number of rotatable bonds is 8. The molecule has 0 amide bonds. The van der Waals surface area contributed by atoms with Gasteiger partial charge in [0.2, 0.25) is 0 Å². The Labute approximate surface area is 211 Å². The Kier molecular flexibility index (Phi) is 7.06. The smallest absolute Gasteiger partial charge is 0.156 e. The van der Waals surface area contributed by atoms with Crippen molar-refractivity contribution >= 4 is 17.3 Å². The van der Waals surface area contributed by atoms with Gasteiger partial charge in [0.1, 0.15) is 5.78 Å². The number of ketones is 2. The molecule has 4 aliphatic carbocycles. The van der Waals surface area contributed by atoms with Crippen LogP contribution < -0.4 is 5.32 Å². The lowest BCUT2D eigenvalue weighted by atomic mass is 9.51. The van der Waals surface area contributed by atoms with Gasteiger partial charge in [0.25, 0.3) is 0 Å². The Bertz CT molecular complexity index is 1030. The van der Waals surface area contributed by atoms with Gasteiger partial charge in [0.15, 0.2) is 5.78 Å². The highest BCUT2D eigenvalue weighted by atomic mass is 16.1. The molecule has 2 fully saturated rings. The van der Waals surface area contributed by atoms with Crippen molar-refractivity contribution in [3.63, 3.8) is 0 Å². The van der Waals surface area contributed by atoms with Gasteiger partial charge in [-0.05, 0) is 104 Å². The molecule has 3 heteroatoms. The van der Waals surface area contributed by atoms with Crippen molar-refractivity contribution in [2.24, 2.45) is 23.2 Å². The van der Waals surface area contributed by atoms with Crippen LogP contribution in [0.3, 0.4) is 0 Å². The van der Waals surface area contributed by atoms with Crippen LogP contribution in [0.15, 0.2) is 47.1 Å². The van der Waals surface area contributed by atoms with Crippen LogP contribution in [0, 0.1) is 23.2 Å². The maximum atomic E-state index is 12.7. The van der Waals surface area contributed by atoms with Gasteiger partial charge in [-0.2, -0.15) is 0 Å². The fourth-order valence-corrected chi connectivity index (χ4v) is 8.24. The van der Waals surface area contributed by atoms with E-state index in [1.807, 2.05) is 13.0 Å². The topological polar surface area (TPSA) is 46.2 Å². The second kappa shape index (κ2) is 10.1. The zero-order chi connectivity index (χ0) is 24.6. The van der Waals surface area contributed by atoms with Crippen LogP contribution in [0.25, 0.3) is 0 Å². The lowest BCUT2D eigenvalue weighted by molar-refractivity contribution is -0.125. The highest BCUT2D eigenvalue weighted by molar-refractivity contribution is 5.93. The average molecular weight is 474 g/mol. The van der Waals surface area contributed by atoms with Gasteiger partial charge < -0.3 is 5.32 Å². The number of hydrogen-bond donors (Lipinski definition) is 1. The summed E-state index contributed by atoms with van der Waals surface area (Å²) in [4.78, 5) is 24.9. The first-order chi connectivity index (χ1) is 16.9. The minimum absolute atomic E-state index is 0.0765. The second-order valence-corrected chi connectivity index (χ2v) is 11.9. The molecule has 4 aliphatic rings. The van der Waals surface area contributed by atoms with Crippen LogP contribution in [0.5, 0.6) is 0 Å². The first-order valence-electron chi connectivity index (χ1n) is 14.2. The van der Waals surface area contributed by atoms with E-state index in [1.54, 1.807) is 5.57 Å². The van der Waals surface area contributed by atoms with Crippen LogP contribution in [0.2, 0.25) is 0 Å². The van der Waals surface area contributed by atoms with Gasteiger partial charge in [0, 0.05) is 30.5 Å². The van der Waals surface area contributed by atoms with E-state index in [0.717, 1.165) is 38.6 Å². The van der Waals surface area contributed by atoms with E-state index in [1.165, 1.54) is 54.5 Å². The maximum Gasteiger partial charge on any atom is 0.156 e. The van der Waals surface area contributed by atoms with Crippen molar-refractivity contribution in [1.82, 2.24) is 0 Å². The molecule has 0 radical (unpaired) electrons. The SMILES string of the molecule is CCCCCCNc1ccc(C2CC3(C)C(C(C)=O)CCC3C3CCC4=CC(=O)CCC4=C23)cc1. The van der Waals surface area contributed by atoms with E-state index in [0.29, 0.717) is 35.7 Å². The summed E-state index contributed by atoms with van der Waals surface area (Å²) in [6.07, 6.45) is 14.0. The molecule has 3 nitrogen and oxygen atoms in total. The Morgan fingerprint density at radius 3 is 2.57 bits per heavy atom. The van der Waals surface area contributed by atoms with Crippen molar-refractivity contribution in [2.75, 3.05) is 11.9 Å². The molecule has 1 aromatic carbocycles. The Morgan fingerprint density at radius 2 is 1.83 bits per heavy atom. The number of fused-ring (bicyclic) bond motifs is 4. The van der Waals surface area contributed by atoms with Crippen molar-refractivity contribution in [2.45, 2.75) is 97.3 Å². The van der Waals surface area contributed by atoms with E-state index < -0.39 is 0 Å². The summed E-state index contributed by atoms with van der Waals surface area (Å²) in [5.74, 6) is 2.37. The molecule has 0 saturated heterocycles. The van der Waals surface area contributed by atoms with Gasteiger partial charge in [-0.25, -0.2) is 0 Å². The Hall–Kier alpha value is -2.16. The van der Waals surface area contributed by atoms with E-state index in [9.17, 15) is 9.59 Å². The van der Waals surface area contributed by atoms with Crippen molar-refractivity contribution < 1.29 is 9.59 Å². The predicted octanol–water partition coefficient (Wildman–Crippen LogP) is 7.78. The number of hydrogen-bond acceptors (Lipinski definition) is 3. The highest BCUT2D eigenvalue weighted by Gasteiger charge is 2.57. The minimum atomic E-state index is 0.0765. The largest absolute Gasteiger partial charge is 0.385 e.